The van der Waals surface area contributed by atoms with Crippen LogP contribution in [0, 0.1) is 5.92 Å². The largest absolute Gasteiger partial charge is 0.467 e. The van der Waals surface area contributed by atoms with E-state index >= 15 is 0 Å². The summed E-state index contributed by atoms with van der Waals surface area (Å²) in [4.78, 5) is 22.6. The molecule has 0 spiro atoms. The molecule has 0 aliphatic heterocycles. The molecular weight excluding hydrogens is 198 g/mol. The van der Waals surface area contributed by atoms with E-state index in [-0.39, 0.29) is 12.3 Å². The van der Waals surface area contributed by atoms with Gasteiger partial charge < -0.3 is 4.74 Å². The van der Waals surface area contributed by atoms with Crippen molar-refractivity contribution >= 4 is 11.9 Å². The summed E-state index contributed by atoms with van der Waals surface area (Å²) in [6.07, 6.45) is 0.539. The van der Waals surface area contributed by atoms with Crippen molar-refractivity contribution in [2.24, 2.45) is 5.92 Å². The first-order chi connectivity index (χ1) is 6.93. The van der Waals surface area contributed by atoms with E-state index < -0.39 is 17.9 Å². The molecule has 0 aromatic carbocycles. The van der Waals surface area contributed by atoms with Crippen LogP contribution in [-0.2, 0) is 14.3 Å². The Kier molecular flexibility index (Phi) is 5.93. The van der Waals surface area contributed by atoms with Crippen LogP contribution in [0.4, 0.5) is 0 Å². The Morgan fingerprint density at radius 1 is 1.40 bits per heavy atom. The van der Waals surface area contributed by atoms with Crippen molar-refractivity contribution in [2.75, 3.05) is 7.11 Å². The van der Waals surface area contributed by atoms with E-state index in [1.807, 2.05) is 13.8 Å². The average molecular weight is 217 g/mol. The molecule has 0 aliphatic rings. The number of hydrogen-bond donors (Lipinski definition) is 1. The van der Waals surface area contributed by atoms with Crippen LogP contribution in [0.2, 0.25) is 0 Å². The number of hydroxylamine groups is 2. The van der Waals surface area contributed by atoms with Gasteiger partial charge in [0.15, 0.2) is 6.04 Å². The van der Waals surface area contributed by atoms with E-state index in [1.54, 1.807) is 6.92 Å². The van der Waals surface area contributed by atoms with Gasteiger partial charge in [-0.1, -0.05) is 20.8 Å². The Morgan fingerprint density at radius 2 is 1.93 bits per heavy atom. The van der Waals surface area contributed by atoms with Crippen LogP contribution in [-0.4, -0.2) is 35.3 Å². The lowest BCUT2D eigenvalue weighted by Gasteiger charge is -2.24. The van der Waals surface area contributed by atoms with Crippen molar-refractivity contribution in [3.63, 3.8) is 0 Å². The molecule has 0 bridgehead atoms. The fourth-order valence-corrected chi connectivity index (χ4v) is 1.21. The van der Waals surface area contributed by atoms with E-state index in [0.717, 1.165) is 0 Å². The van der Waals surface area contributed by atoms with Crippen molar-refractivity contribution in [3.8, 4) is 0 Å². The van der Waals surface area contributed by atoms with Crippen LogP contribution >= 0.6 is 0 Å². The number of carbonyl (C=O) groups excluding carboxylic acids is 2. The SMILES string of the molecule is CCC(=O)N(O)[C@H](CC(C)C)C(=O)OC. The molecule has 1 atom stereocenters. The van der Waals surface area contributed by atoms with Gasteiger partial charge in [-0.3, -0.25) is 10.0 Å². The third-order valence-electron chi connectivity index (χ3n) is 2.02. The van der Waals surface area contributed by atoms with Gasteiger partial charge >= 0.3 is 5.97 Å². The zero-order valence-corrected chi connectivity index (χ0v) is 9.69. The number of esters is 1. The minimum absolute atomic E-state index is 0.155. The Balaban J connectivity index is 4.61. The topological polar surface area (TPSA) is 66.8 Å². The molecule has 0 aromatic heterocycles. The minimum Gasteiger partial charge on any atom is -0.467 e. The standard InChI is InChI=1S/C10H19NO4/c1-5-9(12)11(14)8(6-7(2)3)10(13)15-4/h7-8,14H,5-6H2,1-4H3/t8-/m1/s1. The number of rotatable bonds is 5. The van der Waals surface area contributed by atoms with Crippen LogP contribution < -0.4 is 0 Å². The second-order valence-corrected chi connectivity index (χ2v) is 3.76. The Morgan fingerprint density at radius 3 is 2.27 bits per heavy atom. The van der Waals surface area contributed by atoms with Gasteiger partial charge in [0, 0.05) is 6.42 Å². The highest BCUT2D eigenvalue weighted by atomic mass is 16.5. The predicted octanol–water partition coefficient (Wildman–Crippen LogP) is 1.20. The van der Waals surface area contributed by atoms with E-state index in [9.17, 15) is 14.8 Å². The first-order valence-corrected chi connectivity index (χ1v) is 5.02. The summed E-state index contributed by atoms with van der Waals surface area (Å²) in [5, 5.41) is 9.99. The molecule has 15 heavy (non-hydrogen) atoms. The molecule has 0 radical (unpaired) electrons. The summed E-state index contributed by atoms with van der Waals surface area (Å²) in [5.74, 6) is -0.882. The van der Waals surface area contributed by atoms with Crippen molar-refractivity contribution < 1.29 is 19.5 Å². The maximum atomic E-state index is 11.3. The highest BCUT2D eigenvalue weighted by Crippen LogP contribution is 2.12. The fraction of sp³-hybridized carbons (Fsp3) is 0.800. The number of amides is 1. The van der Waals surface area contributed by atoms with Crippen molar-refractivity contribution in [1.82, 2.24) is 5.06 Å². The number of ether oxygens (including phenoxy) is 1. The second-order valence-electron chi connectivity index (χ2n) is 3.76. The van der Waals surface area contributed by atoms with E-state index in [1.165, 1.54) is 7.11 Å². The Hall–Kier alpha value is -1.10. The van der Waals surface area contributed by atoms with Crippen LogP contribution in [0.25, 0.3) is 0 Å². The highest BCUT2D eigenvalue weighted by molar-refractivity contribution is 5.83. The van der Waals surface area contributed by atoms with Crippen LogP contribution in [0.15, 0.2) is 0 Å². The maximum Gasteiger partial charge on any atom is 0.331 e. The molecule has 0 rings (SSSR count). The van der Waals surface area contributed by atoms with E-state index in [2.05, 4.69) is 4.74 Å². The average Bonchev–Trinajstić information content (AvgIpc) is 2.22. The molecule has 0 unspecified atom stereocenters. The van der Waals surface area contributed by atoms with E-state index in [4.69, 9.17) is 0 Å². The van der Waals surface area contributed by atoms with Gasteiger partial charge in [0.05, 0.1) is 7.11 Å². The lowest BCUT2D eigenvalue weighted by Crippen LogP contribution is -2.44. The summed E-state index contributed by atoms with van der Waals surface area (Å²) < 4.78 is 4.54. The van der Waals surface area contributed by atoms with Crippen molar-refractivity contribution in [2.45, 2.75) is 39.7 Å². The Bertz CT molecular complexity index is 227. The third-order valence-corrected chi connectivity index (χ3v) is 2.02. The summed E-state index contributed by atoms with van der Waals surface area (Å²) in [5.41, 5.74) is 0. The number of methoxy groups -OCH3 is 1. The molecule has 88 valence electrons. The molecule has 5 nitrogen and oxygen atoms in total. The highest BCUT2D eigenvalue weighted by Gasteiger charge is 2.29. The second kappa shape index (κ2) is 6.40. The number of hydrogen-bond acceptors (Lipinski definition) is 4. The summed E-state index contributed by atoms with van der Waals surface area (Å²) >= 11 is 0. The molecular formula is C10H19NO4. The first kappa shape index (κ1) is 13.9. The van der Waals surface area contributed by atoms with Gasteiger partial charge in [-0.05, 0) is 12.3 Å². The van der Waals surface area contributed by atoms with Crippen molar-refractivity contribution in [1.29, 1.82) is 0 Å². The summed E-state index contributed by atoms with van der Waals surface area (Å²) in [7, 11) is 1.24. The van der Waals surface area contributed by atoms with Gasteiger partial charge in [0.2, 0.25) is 5.91 Å². The number of carbonyl (C=O) groups is 2. The third kappa shape index (κ3) is 4.29. The molecule has 1 N–H and O–H groups in total. The molecule has 0 saturated heterocycles. The summed E-state index contributed by atoms with van der Waals surface area (Å²) in [6.45, 7) is 5.43. The zero-order valence-electron chi connectivity index (χ0n) is 9.69. The molecule has 5 heteroatoms. The molecule has 0 aromatic rings. The smallest absolute Gasteiger partial charge is 0.331 e. The zero-order chi connectivity index (χ0) is 12.0. The first-order valence-electron chi connectivity index (χ1n) is 5.02. The molecule has 0 fully saturated rings. The lowest BCUT2D eigenvalue weighted by molar-refractivity contribution is -0.188. The van der Waals surface area contributed by atoms with Crippen LogP contribution in [0.1, 0.15) is 33.6 Å². The molecule has 1 amide bonds. The van der Waals surface area contributed by atoms with Gasteiger partial charge in [0.1, 0.15) is 0 Å². The van der Waals surface area contributed by atoms with Gasteiger partial charge in [0.25, 0.3) is 0 Å². The van der Waals surface area contributed by atoms with Crippen molar-refractivity contribution in [3.05, 3.63) is 0 Å². The van der Waals surface area contributed by atoms with Gasteiger partial charge in [-0.15, -0.1) is 0 Å². The van der Waals surface area contributed by atoms with Crippen LogP contribution in [0.5, 0.6) is 0 Å². The monoisotopic (exact) mass is 217 g/mol. The van der Waals surface area contributed by atoms with Gasteiger partial charge in [-0.25, -0.2) is 9.86 Å². The molecule has 0 saturated carbocycles. The quantitative estimate of drug-likeness (QED) is 0.427. The normalized spacial score (nSPS) is 12.4. The maximum absolute atomic E-state index is 11.3. The van der Waals surface area contributed by atoms with Gasteiger partial charge in [-0.2, -0.15) is 0 Å². The Labute approximate surface area is 90.0 Å². The van der Waals surface area contributed by atoms with Crippen LogP contribution in [0.3, 0.4) is 0 Å². The number of nitrogens with zero attached hydrogens (tertiary/aromatic N) is 1. The van der Waals surface area contributed by atoms with E-state index in [0.29, 0.717) is 11.5 Å². The fourth-order valence-electron chi connectivity index (χ4n) is 1.21. The molecule has 0 heterocycles. The molecule has 0 aliphatic carbocycles. The minimum atomic E-state index is -0.901. The summed E-state index contributed by atoms with van der Waals surface area (Å²) in [6, 6.07) is -0.901. The predicted molar refractivity (Wildman–Crippen MR) is 54.2 cm³/mol. The lowest BCUT2D eigenvalue weighted by atomic mass is 10.0.